The van der Waals surface area contributed by atoms with Gasteiger partial charge in [-0.15, -0.1) is 0 Å². The average Bonchev–Trinajstić information content (AvgIpc) is 3.50. The first-order valence-electron chi connectivity index (χ1n) is 11.3. The van der Waals surface area contributed by atoms with Gasteiger partial charge in [-0.3, -0.25) is 14.3 Å². The molecule has 3 aromatic rings. The molecule has 4 rings (SSSR count). The van der Waals surface area contributed by atoms with E-state index in [1.54, 1.807) is 24.9 Å². The second-order valence-electron chi connectivity index (χ2n) is 7.73. The van der Waals surface area contributed by atoms with E-state index in [0.29, 0.717) is 18.8 Å². The van der Waals surface area contributed by atoms with Crippen molar-refractivity contribution in [3.8, 4) is 11.4 Å². The van der Waals surface area contributed by atoms with E-state index in [1.807, 2.05) is 13.8 Å². The largest absolute Gasteiger partial charge is 0.471 e. The Bertz CT molecular complexity index is 1190. The molecule has 194 valence electrons. The fourth-order valence-electron chi connectivity index (χ4n) is 3.59. The van der Waals surface area contributed by atoms with Crippen molar-refractivity contribution in [2.45, 2.75) is 33.0 Å². The van der Waals surface area contributed by atoms with Crippen LogP contribution >= 0.6 is 0 Å². The fraction of sp³-hybridized carbons (Fsp3) is 0.435. The summed E-state index contributed by atoms with van der Waals surface area (Å²) in [5.41, 5.74) is 1.71. The lowest BCUT2D eigenvalue weighted by molar-refractivity contribution is -0.159. The van der Waals surface area contributed by atoms with Crippen LogP contribution in [0, 0.1) is 6.92 Å². The van der Waals surface area contributed by atoms with Crippen LogP contribution in [0.2, 0.25) is 0 Å². The predicted molar refractivity (Wildman–Crippen MR) is 122 cm³/mol. The van der Waals surface area contributed by atoms with Gasteiger partial charge in [-0.25, -0.2) is 0 Å². The van der Waals surface area contributed by atoms with Gasteiger partial charge in [0.1, 0.15) is 5.69 Å². The maximum atomic E-state index is 13.0. The first-order valence-corrected chi connectivity index (χ1v) is 11.3. The molecule has 1 aromatic carbocycles. The molecule has 2 aromatic heterocycles. The third-order valence-electron chi connectivity index (χ3n) is 5.28. The molecule has 2 amide bonds. The first kappa shape index (κ1) is 26.9. The van der Waals surface area contributed by atoms with E-state index in [2.05, 4.69) is 25.1 Å². The summed E-state index contributed by atoms with van der Waals surface area (Å²) in [4.78, 5) is 30.6. The number of nitrogens with zero attached hydrogens (tertiary/aromatic N) is 5. The average molecular weight is 509 g/mol. The molecule has 0 bridgehead atoms. The molecule has 0 aliphatic carbocycles. The van der Waals surface area contributed by atoms with Gasteiger partial charge in [0.15, 0.2) is 0 Å². The van der Waals surface area contributed by atoms with Gasteiger partial charge in [0, 0.05) is 31.3 Å². The number of hydrogen-bond acceptors (Lipinski definition) is 7. The van der Waals surface area contributed by atoms with Crippen molar-refractivity contribution in [1.82, 2.24) is 30.1 Å². The molecule has 0 spiro atoms. The zero-order valence-corrected chi connectivity index (χ0v) is 20.3. The van der Waals surface area contributed by atoms with Crippen molar-refractivity contribution in [2.75, 3.05) is 26.3 Å². The Hall–Kier alpha value is -3.74. The predicted octanol–water partition coefficient (Wildman–Crippen LogP) is 3.09. The molecule has 1 fully saturated rings. The number of halogens is 3. The normalized spacial score (nSPS) is 15.8. The summed E-state index contributed by atoms with van der Waals surface area (Å²) in [5.74, 6) is -2.30. The minimum absolute atomic E-state index is 0.156. The van der Waals surface area contributed by atoms with Crippen LogP contribution in [0.1, 0.15) is 46.3 Å². The third kappa shape index (κ3) is 6.08. The van der Waals surface area contributed by atoms with Gasteiger partial charge in [0.2, 0.25) is 5.82 Å². The molecule has 13 heteroatoms. The molecular formula is C23H27F3N6O4. The standard InChI is InChI=1S/C21H21F3N6O4.C2H6/c1-12-9-16(29(2)27-12)19(32)30-7-8-33-11-15(30)10-25-18(31)14-5-3-13(4-6-14)17-26-20(34-28-17)21(22,23)24;1-2/h3-6,9,15H,7-8,10-11H2,1-2H3,(H,25,31);1-2H3/t15-;/m1./s1. The number of nitrogens with one attached hydrogen (secondary N) is 1. The second-order valence-corrected chi connectivity index (χ2v) is 7.73. The van der Waals surface area contributed by atoms with E-state index in [9.17, 15) is 22.8 Å². The summed E-state index contributed by atoms with van der Waals surface area (Å²) in [5, 5.41) is 10.3. The quantitative estimate of drug-likeness (QED) is 0.563. The van der Waals surface area contributed by atoms with Gasteiger partial charge in [0.05, 0.1) is 24.9 Å². The van der Waals surface area contributed by atoms with Crippen LogP contribution in [0.15, 0.2) is 34.9 Å². The van der Waals surface area contributed by atoms with Crippen molar-refractivity contribution >= 4 is 11.8 Å². The Kier molecular flexibility index (Phi) is 8.45. The summed E-state index contributed by atoms with van der Waals surface area (Å²) >= 11 is 0. The van der Waals surface area contributed by atoms with Crippen LogP contribution in [-0.4, -0.2) is 69.0 Å². The summed E-state index contributed by atoms with van der Waals surface area (Å²) in [6, 6.07) is 7.05. The van der Waals surface area contributed by atoms with Crippen molar-refractivity contribution in [3.05, 3.63) is 53.2 Å². The molecular weight excluding hydrogens is 481 g/mol. The lowest BCUT2D eigenvalue weighted by Gasteiger charge is -2.35. The molecule has 1 aliphatic heterocycles. The highest BCUT2D eigenvalue weighted by atomic mass is 19.4. The Morgan fingerprint density at radius 1 is 1.19 bits per heavy atom. The minimum Gasteiger partial charge on any atom is -0.377 e. The molecule has 10 nitrogen and oxygen atoms in total. The third-order valence-corrected chi connectivity index (χ3v) is 5.28. The van der Waals surface area contributed by atoms with Crippen molar-refractivity contribution < 1.29 is 32.0 Å². The van der Waals surface area contributed by atoms with Gasteiger partial charge in [-0.1, -0.05) is 31.1 Å². The van der Waals surface area contributed by atoms with Crippen molar-refractivity contribution in [2.24, 2.45) is 7.05 Å². The van der Waals surface area contributed by atoms with Crippen LogP contribution < -0.4 is 5.32 Å². The van der Waals surface area contributed by atoms with Gasteiger partial charge in [-0.2, -0.15) is 23.3 Å². The molecule has 1 saturated heterocycles. The Labute approximate surface area is 205 Å². The van der Waals surface area contributed by atoms with Crippen molar-refractivity contribution in [3.63, 3.8) is 0 Å². The van der Waals surface area contributed by atoms with Gasteiger partial charge in [0.25, 0.3) is 11.8 Å². The number of rotatable bonds is 5. The SMILES string of the molecule is CC.Cc1cc(C(=O)N2CCOC[C@H]2CNC(=O)c2ccc(-c3noc(C(F)(F)F)n3)cc2)n(C)n1. The van der Waals surface area contributed by atoms with E-state index in [1.165, 1.54) is 28.9 Å². The summed E-state index contributed by atoms with van der Waals surface area (Å²) < 4.78 is 49.1. The Balaban J connectivity index is 0.00000176. The van der Waals surface area contributed by atoms with Crippen LogP contribution in [-0.2, 0) is 18.0 Å². The number of alkyl halides is 3. The van der Waals surface area contributed by atoms with Crippen LogP contribution in [0.4, 0.5) is 13.2 Å². The van der Waals surface area contributed by atoms with E-state index in [0.717, 1.165) is 5.69 Å². The number of carbonyl (C=O) groups is 2. The fourth-order valence-corrected chi connectivity index (χ4v) is 3.59. The van der Waals surface area contributed by atoms with Gasteiger partial charge in [-0.05, 0) is 25.1 Å². The molecule has 1 N–H and O–H groups in total. The molecule has 3 heterocycles. The zero-order valence-electron chi connectivity index (χ0n) is 20.3. The van der Waals surface area contributed by atoms with E-state index in [4.69, 9.17) is 4.74 Å². The van der Waals surface area contributed by atoms with Gasteiger partial charge >= 0.3 is 12.1 Å². The maximum absolute atomic E-state index is 13.0. The number of ether oxygens (including phenoxy) is 1. The highest BCUT2D eigenvalue weighted by Gasteiger charge is 2.38. The highest BCUT2D eigenvalue weighted by molar-refractivity contribution is 5.95. The molecule has 0 saturated carbocycles. The number of amides is 2. The summed E-state index contributed by atoms with van der Waals surface area (Å²) in [7, 11) is 1.69. The number of carbonyl (C=O) groups excluding carboxylic acids is 2. The van der Waals surface area contributed by atoms with Crippen LogP contribution in [0.3, 0.4) is 0 Å². The monoisotopic (exact) mass is 508 g/mol. The zero-order chi connectivity index (χ0) is 26.5. The number of hydrogen-bond donors (Lipinski definition) is 1. The second kappa shape index (κ2) is 11.3. The first-order chi connectivity index (χ1) is 17.1. The number of morpholine rings is 1. The van der Waals surface area contributed by atoms with Crippen LogP contribution in [0.25, 0.3) is 11.4 Å². The van der Waals surface area contributed by atoms with E-state index < -0.39 is 18.0 Å². The number of aromatic nitrogens is 4. The topological polar surface area (TPSA) is 115 Å². The maximum Gasteiger partial charge on any atom is 0.471 e. The molecule has 0 unspecified atom stereocenters. The molecule has 0 radical (unpaired) electrons. The van der Waals surface area contributed by atoms with E-state index >= 15 is 0 Å². The Morgan fingerprint density at radius 2 is 1.89 bits per heavy atom. The Morgan fingerprint density at radius 3 is 2.47 bits per heavy atom. The number of benzene rings is 1. The van der Waals surface area contributed by atoms with Crippen LogP contribution in [0.5, 0.6) is 0 Å². The number of aryl methyl sites for hydroxylation is 2. The molecule has 1 atom stereocenters. The summed E-state index contributed by atoms with van der Waals surface area (Å²) in [6.45, 7) is 6.99. The molecule has 36 heavy (non-hydrogen) atoms. The van der Waals surface area contributed by atoms with E-state index in [-0.39, 0.29) is 42.1 Å². The minimum atomic E-state index is -4.74. The highest BCUT2D eigenvalue weighted by Crippen LogP contribution is 2.29. The summed E-state index contributed by atoms with van der Waals surface area (Å²) in [6.07, 6.45) is -4.74. The lowest BCUT2D eigenvalue weighted by Crippen LogP contribution is -2.53. The molecule has 1 aliphatic rings. The smallest absolute Gasteiger partial charge is 0.377 e. The van der Waals surface area contributed by atoms with Gasteiger partial charge < -0.3 is 19.5 Å². The lowest BCUT2D eigenvalue weighted by atomic mass is 10.1. The van der Waals surface area contributed by atoms with Crippen molar-refractivity contribution in [1.29, 1.82) is 0 Å².